The van der Waals surface area contributed by atoms with E-state index < -0.39 is 0 Å². The second-order valence-electron chi connectivity index (χ2n) is 6.19. The molecule has 3 aromatic heterocycles. The Hall–Kier alpha value is -2.96. The van der Waals surface area contributed by atoms with Crippen molar-refractivity contribution in [1.82, 2.24) is 24.9 Å². The van der Waals surface area contributed by atoms with Crippen LogP contribution in [0.4, 0.5) is 0 Å². The standard InChI is InChI=1S/C18H21N5O2/c1-11-6-7-15(18(25)21-11)17(24)19-8-4-5-14-10-16-20-12(2)9-13(3)23(16)22-14/h6-7,9-10H,4-5,8H2,1-3H3,(H,19,24)(H,21,25). The van der Waals surface area contributed by atoms with Gasteiger partial charge in [0.05, 0.1) is 5.69 Å². The SMILES string of the molecule is Cc1cc(C)n2nc(CCCNC(=O)c3ccc(C)[nH]c3=O)cc2n1. The second kappa shape index (κ2) is 6.88. The Morgan fingerprint density at radius 2 is 2.04 bits per heavy atom. The van der Waals surface area contributed by atoms with Crippen molar-refractivity contribution in [2.24, 2.45) is 0 Å². The molecule has 0 unspecified atom stereocenters. The van der Waals surface area contributed by atoms with Gasteiger partial charge >= 0.3 is 0 Å². The van der Waals surface area contributed by atoms with E-state index in [1.165, 1.54) is 0 Å². The van der Waals surface area contributed by atoms with Crippen molar-refractivity contribution in [3.8, 4) is 0 Å². The second-order valence-corrected chi connectivity index (χ2v) is 6.19. The fraction of sp³-hybridized carbons (Fsp3) is 0.333. The maximum absolute atomic E-state index is 12.1. The number of nitrogens with zero attached hydrogens (tertiary/aromatic N) is 3. The van der Waals surface area contributed by atoms with Crippen LogP contribution in [-0.2, 0) is 6.42 Å². The molecule has 0 bridgehead atoms. The molecule has 1 amide bonds. The van der Waals surface area contributed by atoms with E-state index in [0.29, 0.717) is 6.54 Å². The maximum atomic E-state index is 12.1. The summed E-state index contributed by atoms with van der Waals surface area (Å²) >= 11 is 0. The molecule has 2 N–H and O–H groups in total. The van der Waals surface area contributed by atoms with Crippen LogP contribution in [0.15, 0.2) is 29.1 Å². The van der Waals surface area contributed by atoms with E-state index >= 15 is 0 Å². The zero-order valence-electron chi connectivity index (χ0n) is 14.6. The topological polar surface area (TPSA) is 92.1 Å². The predicted molar refractivity (Wildman–Crippen MR) is 94.9 cm³/mol. The molecule has 3 rings (SSSR count). The highest BCUT2D eigenvalue weighted by Gasteiger charge is 2.10. The molecular formula is C18H21N5O2. The van der Waals surface area contributed by atoms with Crippen LogP contribution in [-0.4, -0.2) is 32.0 Å². The molecule has 0 spiro atoms. The third-order valence-corrected chi connectivity index (χ3v) is 3.98. The molecule has 7 nitrogen and oxygen atoms in total. The Balaban J connectivity index is 1.57. The smallest absolute Gasteiger partial charge is 0.260 e. The minimum absolute atomic E-state index is 0.133. The maximum Gasteiger partial charge on any atom is 0.260 e. The predicted octanol–water partition coefficient (Wildman–Crippen LogP) is 1.71. The summed E-state index contributed by atoms with van der Waals surface area (Å²) in [4.78, 5) is 30.9. The quantitative estimate of drug-likeness (QED) is 0.692. The van der Waals surface area contributed by atoms with Crippen molar-refractivity contribution in [3.05, 3.63) is 63.0 Å². The number of aromatic amines is 1. The monoisotopic (exact) mass is 339 g/mol. The number of pyridine rings is 1. The number of aryl methyl sites for hydroxylation is 4. The average molecular weight is 339 g/mol. The normalized spacial score (nSPS) is 11.0. The molecule has 0 fully saturated rings. The molecule has 0 radical (unpaired) electrons. The van der Waals surface area contributed by atoms with Gasteiger partial charge in [-0.05, 0) is 51.8 Å². The fourth-order valence-electron chi connectivity index (χ4n) is 2.77. The Labute approximate surface area is 145 Å². The zero-order valence-corrected chi connectivity index (χ0v) is 14.6. The first-order valence-electron chi connectivity index (χ1n) is 8.25. The molecule has 130 valence electrons. The number of nitrogens with one attached hydrogen (secondary N) is 2. The van der Waals surface area contributed by atoms with Crippen LogP contribution in [0.2, 0.25) is 0 Å². The van der Waals surface area contributed by atoms with Gasteiger partial charge in [-0.3, -0.25) is 9.59 Å². The van der Waals surface area contributed by atoms with E-state index in [1.54, 1.807) is 19.1 Å². The van der Waals surface area contributed by atoms with E-state index in [-0.39, 0.29) is 17.0 Å². The summed E-state index contributed by atoms with van der Waals surface area (Å²) in [6.45, 7) is 6.21. The minimum Gasteiger partial charge on any atom is -0.352 e. The van der Waals surface area contributed by atoms with Crippen LogP contribution < -0.4 is 10.9 Å². The van der Waals surface area contributed by atoms with Gasteiger partial charge in [0.15, 0.2) is 5.65 Å². The van der Waals surface area contributed by atoms with Gasteiger partial charge < -0.3 is 10.3 Å². The van der Waals surface area contributed by atoms with E-state index in [9.17, 15) is 9.59 Å². The Morgan fingerprint density at radius 1 is 1.24 bits per heavy atom. The summed E-state index contributed by atoms with van der Waals surface area (Å²) in [5, 5.41) is 7.31. The number of hydrogen-bond acceptors (Lipinski definition) is 4. The Bertz CT molecular complexity index is 987. The molecule has 0 atom stereocenters. The van der Waals surface area contributed by atoms with Gasteiger partial charge in [-0.25, -0.2) is 9.50 Å². The summed E-state index contributed by atoms with van der Waals surface area (Å²) in [5.74, 6) is -0.357. The first-order chi connectivity index (χ1) is 11.9. The van der Waals surface area contributed by atoms with Crippen molar-refractivity contribution in [2.75, 3.05) is 6.54 Å². The number of H-pyrrole nitrogens is 1. The van der Waals surface area contributed by atoms with Gasteiger partial charge in [-0.1, -0.05) is 0 Å². The van der Waals surface area contributed by atoms with Crippen molar-refractivity contribution >= 4 is 11.6 Å². The molecule has 0 aliphatic carbocycles. The molecular weight excluding hydrogens is 318 g/mol. The number of carbonyl (C=O) groups excluding carboxylic acids is 1. The lowest BCUT2D eigenvalue weighted by Crippen LogP contribution is -2.30. The largest absolute Gasteiger partial charge is 0.352 e. The van der Waals surface area contributed by atoms with Crippen LogP contribution in [0.5, 0.6) is 0 Å². The lowest BCUT2D eigenvalue weighted by Gasteiger charge is -2.04. The molecule has 7 heteroatoms. The molecule has 25 heavy (non-hydrogen) atoms. The first-order valence-corrected chi connectivity index (χ1v) is 8.25. The molecule has 3 aromatic rings. The van der Waals surface area contributed by atoms with Gasteiger partial charge in [0.2, 0.25) is 0 Å². The Morgan fingerprint density at radius 3 is 2.80 bits per heavy atom. The number of aromatic nitrogens is 4. The third-order valence-electron chi connectivity index (χ3n) is 3.98. The van der Waals surface area contributed by atoms with E-state index in [1.807, 2.05) is 30.5 Å². The molecule has 0 aromatic carbocycles. The Kier molecular flexibility index (Phi) is 4.65. The highest BCUT2D eigenvalue weighted by atomic mass is 16.2. The van der Waals surface area contributed by atoms with Crippen LogP contribution in [0.25, 0.3) is 5.65 Å². The molecule has 0 saturated carbocycles. The van der Waals surface area contributed by atoms with Gasteiger partial charge in [-0.2, -0.15) is 5.10 Å². The lowest BCUT2D eigenvalue weighted by molar-refractivity contribution is 0.0951. The van der Waals surface area contributed by atoms with Gasteiger partial charge in [0.1, 0.15) is 5.56 Å². The number of carbonyl (C=O) groups is 1. The van der Waals surface area contributed by atoms with E-state index in [0.717, 1.165) is 41.3 Å². The van der Waals surface area contributed by atoms with Crippen molar-refractivity contribution in [2.45, 2.75) is 33.6 Å². The number of rotatable bonds is 5. The first kappa shape index (κ1) is 16.9. The average Bonchev–Trinajstić information content (AvgIpc) is 2.94. The molecule has 0 aliphatic rings. The minimum atomic E-state index is -0.366. The van der Waals surface area contributed by atoms with Crippen LogP contribution in [0, 0.1) is 20.8 Å². The fourth-order valence-corrected chi connectivity index (χ4v) is 2.77. The van der Waals surface area contributed by atoms with Crippen molar-refractivity contribution < 1.29 is 4.79 Å². The summed E-state index contributed by atoms with van der Waals surface area (Å²) in [7, 11) is 0. The van der Waals surface area contributed by atoms with Gasteiger partial charge in [0.25, 0.3) is 11.5 Å². The number of amides is 1. The number of hydrogen-bond donors (Lipinski definition) is 2. The van der Waals surface area contributed by atoms with Gasteiger partial charge in [-0.15, -0.1) is 0 Å². The van der Waals surface area contributed by atoms with Crippen molar-refractivity contribution in [3.63, 3.8) is 0 Å². The third kappa shape index (κ3) is 3.76. The van der Waals surface area contributed by atoms with Crippen LogP contribution in [0.3, 0.4) is 0 Å². The molecule has 3 heterocycles. The molecule has 0 saturated heterocycles. The van der Waals surface area contributed by atoms with Crippen LogP contribution in [0.1, 0.15) is 39.6 Å². The summed E-state index contributed by atoms with van der Waals surface area (Å²) < 4.78 is 1.83. The number of fused-ring (bicyclic) bond motifs is 1. The molecule has 0 aliphatic heterocycles. The highest BCUT2D eigenvalue weighted by molar-refractivity contribution is 5.93. The highest BCUT2D eigenvalue weighted by Crippen LogP contribution is 2.10. The summed E-state index contributed by atoms with van der Waals surface area (Å²) in [6.07, 6.45) is 1.46. The van der Waals surface area contributed by atoms with Crippen molar-refractivity contribution in [1.29, 1.82) is 0 Å². The van der Waals surface area contributed by atoms with E-state index in [2.05, 4.69) is 20.4 Å². The van der Waals surface area contributed by atoms with Gasteiger partial charge in [0, 0.05) is 29.7 Å². The summed E-state index contributed by atoms with van der Waals surface area (Å²) in [5.41, 5.74) is 4.27. The van der Waals surface area contributed by atoms with E-state index in [4.69, 9.17) is 0 Å². The zero-order chi connectivity index (χ0) is 18.0. The van der Waals surface area contributed by atoms with Crippen LogP contribution >= 0.6 is 0 Å². The lowest BCUT2D eigenvalue weighted by atomic mass is 10.2. The summed E-state index contributed by atoms with van der Waals surface area (Å²) in [6, 6.07) is 7.21.